The van der Waals surface area contributed by atoms with Gasteiger partial charge in [0.2, 0.25) is 0 Å². The summed E-state index contributed by atoms with van der Waals surface area (Å²) in [6.45, 7) is 3.32. The fraction of sp³-hybridized carbons (Fsp3) is 0.952. The summed E-state index contributed by atoms with van der Waals surface area (Å²) in [6.07, 6.45) is 18.6. The average molecular weight is 373 g/mol. The van der Waals surface area contributed by atoms with Crippen molar-refractivity contribution in [2.45, 2.75) is 96.8 Å². The van der Waals surface area contributed by atoms with Gasteiger partial charge in [0.25, 0.3) is 0 Å². The molecular formula is C21H44N2O3. The summed E-state index contributed by atoms with van der Waals surface area (Å²) in [7, 11) is 0. The second-order valence-corrected chi connectivity index (χ2v) is 7.26. The summed E-state index contributed by atoms with van der Waals surface area (Å²) in [5, 5.41) is 20.7. The minimum atomic E-state index is -0.192. The van der Waals surface area contributed by atoms with E-state index in [4.69, 9.17) is 10.2 Å². The van der Waals surface area contributed by atoms with Crippen LogP contribution in [0.3, 0.4) is 0 Å². The van der Waals surface area contributed by atoms with Crippen molar-refractivity contribution in [1.82, 2.24) is 10.2 Å². The van der Waals surface area contributed by atoms with Crippen molar-refractivity contribution in [2.75, 3.05) is 32.8 Å². The number of hydrogen-bond donors (Lipinski definition) is 3. The van der Waals surface area contributed by atoms with Gasteiger partial charge in [-0.1, -0.05) is 90.4 Å². The van der Waals surface area contributed by atoms with Gasteiger partial charge in [-0.15, -0.1) is 0 Å². The van der Waals surface area contributed by atoms with Crippen LogP contribution < -0.4 is 5.32 Å². The molecule has 0 aromatic carbocycles. The maximum Gasteiger partial charge on any atom is 0.317 e. The molecule has 2 amide bonds. The molecule has 0 saturated heterocycles. The number of nitrogens with one attached hydrogen (secondary N) is 1. The molecule has 5 heteroatoms. The Morgan fingerprint density at radius 3 is 1.46 bits per heavy atom. The Balaban J connectivity index is 3.29. The second kappa shape index (κ2) is 20.5. The van der Waals surface area contributed by atoms with Gasteiger partial charge in [-0.25, -0.2) is 4.79 Å². The van der Waals surface area contributed by atoms with Crippen LogP contribution in [-0.4, -0.2) is 54.0 Å². The molecule has 0 saturated carbocycles. The number of unbranched alkanes of at least 4 members (excludes halogenated alkanes) is 13. The zero-order valence-corrected chi connectivity index (χ0v) is 17.2. The molecule has 0 radical (unpaired) electrons. The van der Waals surface area contributed by atoms with Gasteiger partial charge >= 0.3 is 6.03 Å². The van der Waals surface area contributed by atoms with Crippen molar-refractivity contribution in [3.05, 3.63) is 0 Å². The minimum absolute atomic E-state index is 0.0771. The predicted molar refractivity (Wildman–Crippen MR) is 109 cm³/mol. The molecule has 26 heavy (non-hydrogen) atoms. The van der Waals surface area contributed by atoms with E-state index in [2.05, 4.69) is 12.2 Å². The second-order valence-electron chi connectivity index (χ2n) is 7.26. The molecule has 0 bridgehead atoms. The fourth-order valence-electron chi connectivity index (χ4n) is 3.18. The Morgan fingerprint density at radius 2 is 1.08 bits per heavy atom. The van der Waals surface area contributed by atoms with Gasteiger partial charge in [-0.3, -0.25) is 0 Å². The van der Waals surface area contributed by atoms with E-state index >= 15 is 0 Å². The van der Waals surface area contributed by atoms with E-state index < -0.39 is 0 Å². The highest BCUT2D eigenvalue weighted by atomic mass is 16.3. The van der Waals surface area contributed by atoms with Gasteiger partial charge in [-0.05, 0) is 6.42 Å². The van der Waals surface area contributed by atoms with Crippen molar-refractivity contribution in [3.63, 3.8) is 0 Å². The third kappa shape index (κ3) is 16.6. The smallest absolute Gasteiger partial charge is 0.317 e. The van der Waals surface area contributed by atoms with Crippen LogP contribution in [0.2, 0.25) is 0 Å². The van der Waals surface area contributed by atoms with Crippen molar-refractivity contribution < 1.29 is 15.0 Å². The summed E-state index contributed by atoms with van der Waals surface area (Å²) in [4.78, 5) is 13.3. The largest absolute Gasteiger partial charge is 0.395 e. The van der Waals surface area contributed by atoms with Crippen LogP contribution in [0, 0.1) is 0 Å². The molecule has 0 fully saturated rings. The minimum Gasteiger partial charge on any atom is -0.395 e. The molecule has 0 aromatic rings. The van der Waals surface area contributed by atoms with Crippen LogP contribution in [0.15, 0.2) is 0 Å². The molecule has 0 aliphatic heterocycles. The quantitative estimate of drug-likeness (QED) is 0.293. The van der Waals surface area contributed by atoms with Crippen LogP contribution in [0.4, 0.5) is 4.79 Å². The molecule has 0 rings (SSSR count). The summed E-state index contributed by atoms with van der Waals surface area (Å²) < 4.78 is 0. The average Bonchev–Trinajstić information content (AvgIpc) is 2.64. The number of aliphatic hydroxyl groups excluding tert-OH is 2. The van der Waals surface area contributed by atoms with E-state index in [1.54, 1.807) is 0 Å². The maximum atomic E-state index is 11.8. The first-order valence-electron chi connectivity index (χ1n) is 11.0. The first-order chi connectivity index (χ1) is 12.8. The zero-order chi connectivity index (χ0) is 19.3. The van der Waals surface area contributed by atoms with E-state index in [1.165, 1.54) is 81.9 Å². The Hall–Kier alpha value is -0.810. The lowest BCUT2D eigenvalue weighted by atomic mass is 10.0. The van der Waals surface area contributed by atoms with E-state index in [0.29, 0.717) is 6.54 Å². The predicted octanol–water partition coefficient (Wildman–Crippen LogP) is 4.46. The van der Waals surface area contributed by atoms with Crippen LogP contribution in [0.1, 0.15) is 96.8 Å². The van der Waals surface area contributed by atoms with Gasteiger partial charge in [0, 0.05) is 19.6 Å². The first kappa shape index (κ1) is 25.2. The normalized spacial score (nSPS) is 10.9. The van der Waals surface area contributed by atoms with E-state index in [-0.39, 0.29) is 32.3 Å². The summed E-state index contributed by atoms with van der Waals surface area (Å²) >= 11 is 0. The fourth-order valence-corrected chi connectivity index (χ4v) is 3.18. The van der Waals surface area contributed by atoms with Crippen molar-refractivity contribution in [3.8, 4) is 0 Å². The van der Waals surface area contributed by atoms with Gasteiger partial charge in [-0.2, -0.15) is 0 Å². The van der Waals surface area contributed by atoms with E-state index in [1.807, 2.05) is 0 Å². The monoisotopic (exact) mass is 372 g/mol. The van der Waals surface area contributed by atoms with Gasteiger partial charge in [0.05, 0.1) is 13.2 Å². The third-order valence-electron chi connectivity index (χ3n) is 4.83. The molecule has 5 nitrogen and oxygen atoms in total. The van der Waals surface area contributed by atoms with Gasteiger partial charge in [0.15, 0.2) is 0 Å². The lowest BCUT2D eigenvalue weighted by Gasteiger charge is -2.21. The summed E-state index contributed by atoms with van der Waals surface area (Å²) in [6, 6.07) is -0.192. The van der Waals surface area contributed by atoms with Gasteiger partial charge in [0.1, 0.15) is 0 Å². The lowest BCUT2D eigenvalue weighted by Crippen LogP contribution is -2.43. The molecule has 156 valence electrons. The third-order valence-corrected chi connectivity index (χ3v) is 4.83. The molecule has 0 unspecified atom stereocenters. The molecule has 3 N–H and O–H groups in total. The number of amides is 2. The number of hydrogen-bond acceptors (Lipinski definition) is 3. The Kier molecular flexibility index (Phi) is 19.9. The van der Waals surface area contributed by atoms with Crippen LogP contribution in [-0.2, 0) is 0 Å². The standard InChI is InChI=1S/C21H44N2O3/c1-2-3-4-5-6-7-8-9-10-11-12-13-14-15-16-22-21(26)23(17-19-24)18-20-25/h24-25H,2-20H2,1H3,(H,22,26). The molecule has 0 aromatic heterocycles. The van der Waals surface area contributed by atoms with Crippen molar-refractivity contribution in [2.24, 2.45) is 0 Å². The topological polar surface area (TPSA) is 72.8 Å². The molecular weight excluding hydrogens is 328 g/mol. The van der Waals surface area contributed by atoms with Crippen LogP contribution in [0.25, 0.3) is 0 Å². The van der Waals surface area contributed by atoms with Crippen LogP contribution >= 0.6 is 0 Å². The Labute approximate surface area is 161 Å². The lowest BCUT2D eigenvalue weighted by molar-refractivity contribution is 0.158. The highest BCUT2D eigenvalue weighted by Gasteiger charge is 2.10. The molecule has 0 atom stereocenters. The summed E-state index contributed by atoms with van der Waals surface area (Å²) in [5.41, 5.74) is 0. The number of rotatable bonds is 19. The highest BCUT2D eigenvalue weighted by molar-refractivity contribution is 5.74. The number of urea groups is 1. The SMILES string of the molecule is CCCCCCCCCCCCCCCCNC(=O)N(CCO)CCO. The van der Waals surface area contributed by atoms with Crippen LogP contribution in [0.5, 0.6) is 0 Å². The summed E-state index contributed by atoms with van der Waals surface area (Å²) in [5.74, 6) is 0. The molecule has 0 heterocycles. The van der Waals surface area contributed by atoms with Crippen molar-refractivity contribution in [1.29, 1.82) is 0 Å². The van der Waals surface area contributed by atoms with Gasteiger partial charge < -0.3 is 20.4 Å². The first-order valence-corrected chi connectivity index (χ1v) is 11.0. The number of nitrogens with zero attached hydrogens (tertiary/aromatic N) is 1. The van der Waals surface area contributed by atoms with Crippen molar-refractivity contribution >= 4 is 6.03 Å². The number of carbonyl (C=O) groups is 1. The Morgan fingerprint density at radius 1 is 0.692 bits per heavy atom. The number of carbonyl (C=O) groups excluding carboxylic acids is 1. The highest BCUT2D eigenvalue weighted by Crippen LogP contribution is 2.12. The Bertz CT molecular complexity index is 295. The molecule has 0 aliphatic rings. The van der Waals surface area contributed by atoms with E-state index in [0.717, 1.165) is 12.8 Å². The zero-order valence-electron chi connectivity index (χ0n) is 17.2. The maximum absolute atomic E-state index is 11.8. The number of aliphatic hydroxyl groups is 2. The molecule has 0 spiro atoms. The van der Waals surface area contributed by atoms with E-state index in [9.17, 15) is 4.79 Å². The molecule has 0 aliphatic carbocycles.